The summed E-state index contributed by atoms with van der Waals surface area (Å²) in [7, 11) is 0. The molecule has 0 atom stereocenters. The average molecular weight is 379 g/mol. The maximum atomic E-state index is 12.6. The van der Waals surface area contributed by atoms with Gasteiger partial charge in [0.1, 0.15) is 0 Å². The molecule has 0 saturated heterocycles. The van der Waals surface area contributed by atoms with Gasteiger partial charge in [0.05, 0.1) is 5.56 Å². The second-order valence-corrected chi connectivity index (χ2v) is 5.58. The summed E-state index contributed by atoms with van der Waals surface area (Å²) < 4.78 is 76.7. The van der Waals surface area contributed by atoms with E-state index in [9.17, 15) is 31.1 Å². The van der Waals surface area contributed by atoms with Crippen molar-refractivity contribution in [2.45, 2.75) is 32.2 Å². The molecule has 4 nitrogen and oxygen atoms in total. The molecule has 2 rings (SSSR count). The smallest absolute Gasteiger partial charge is 0.352 e. The standard InChI is InChI=1S/C16H15F6N3O/c1-10-8-13(16(20,21)22)24-25(10)7-3-6-23-14(26)11-4-2-5-12(9-11)15(17,18)19/h2,4-5,8-9H,3,6-7H2,1H3,(H,23,26). The monoisotopic (exact) mass is 379 g/mol. The van der Waals surface area contributed by atoms with Gasteiger partial charge in [0.2, 0.25) is 0 Å². The third kappa shape index (κ3) is 4.99. The van der Waals surface area contributed by atoms with E-state index in [1.807, 2.05) is 0 Å². The van der Waals surface area contributed by atoms with Crippen LogP contribution in [0.15, 0.2) is 30.3 Å². The van der Waals surface area contributed by atoms with Crippen LogP contribution in [-0.4, -0.2) is 22.2 Å². The topological polar surface area (TPSA) is 46.9 Å². The molecule has 0 aliphatic rings. The molecule has 0 bridgehead atoms. The van der Waals surface area contributed by atoms with Crippen LogP contribution >= 0.6 is 0 Å². The summed E-state index contributed by atoms with van der Waals surface area (Å²) in [4.78, 5) is 11.9. The average Bonchev–Trinajstić information content (AvgIpc) is 2.92. The summed E-state index contributed by atoms with van der Waals surface area (Å²) in [5, 5.41) is 5.88. The van der Waals surface area contributed by atoms with Crippen LogP contribution in [0.4, 0.5) is 26.3 Å². The van der Waals surface area contributed by atoms with Crippen molar-refractivity contribution >= 4 is 5.91 Å². The molecular formula is C16H15F6N3O. The zero-order chi connectivity index (χ0) is 19.5. The van der Waals surface area contributed by atoms with Crippen molar-refractivity contribution in [3.8, 4) is 0 Å². The van der Waals surface area contributed by atoms with Gasteiger partial charge in [-0.15, -0.1) is 0 Å². The van der Waals surface area contributed by atoms with Crippen molar-refractivity contribution in [2.24, 2.45) is 0 Å². The first-order chi connectivity index (χ1) is 12.0. The number of carbonyl (C=O) groups excluding carboxylic acids is 1. The molecule has 1 heterocycles. The van der Waals surface area contributed by atoms with Gasteiger partial charge in [0, 0.05) is 24.3 Å². The number of hydrogen-bond donors (Lipinski definition) is 1. The van der Waals surface area contributed by atoms with E-state index in [1.54, 1.807) is 0 Å². The third-order valence-corrected chi connectivity index (χ3v) is 3.56. The van der Waals surface area contributed by atoms with Crippen molar-refractivity contribution in [3.63, 3.8) is 0 Å². The molecular weight excluding hydrogens is 364 g/mol. The molecule has 1 amide bonds. The second-order valence-electron chi connectivity index (χ2n) is 5.58. The number of nitrogens with zero attached hydrogens (tertiary/aromatic N) is 2. The molecule has 0 saturated carbocycles. The number of hydrogen-bond acceptors (Lipinski definition) is 2. The summed E-state index contributed by atoms with van der Waals surface area (Å²) >= 11 is 0. The number of alkyl halides is 6. The minimum absolute atomic E-state index is 0.0791. The Morgan fingerprint density at radius 1 is 1.12 bits per heavy atom. The lowest BCUT2D eigenvalue weighted by molar-refractivity contribution is -0.141. The van der Waals surface area contributed by atoms with Crippen LogP contribution in [0, 0.1) is 6.92 Å². The Labute approximate surface area is 144 Å². The second kappa shape index (κ2) is 7.38. The van der Waals surface area contributed by atoms with Gasteiger partial charge in [0.15, 0.2) is 5.69 Å². The Balaban J connectivity index is 1.89. The van der Waals surface area contributed by atoms with Gasteiger partial charge in [-0.2, -0.15) is 31.4 Å². The Morgan fingerprint density at radius 3 is 2.38 bits per heavy atom. The van der Waals surface area contributed by atoms with Crippen LogP contribution in [0.25, 0.3) is 0 Å². The Hall–Kier alpha value is -2.52. The van der Waals surface area contributed by atoms with Crippen molar-refractivity contribution in [3.05, 3.63) is 52.8 Å². The molecule has 0 radical (unpaired) electrons. The quantitative estimate of drug-likeness (QED) is 0.629. The Morgan fingerprint density at radius 2 is 1.81 bits per heavy atom. The fourth-order valence-corrected chi connectivity index (χ4v) is 2.24. The number of nitrogens with one attached hydrogen (secondary N) is 1. The maximum Gasteiger partial charge on any atom is 0.435 e. The van der Waals surface area contributed by atoms with Crippen LogP contribution < -0.4 is 5.32 Å². The highest BCUT2D eigenvalue weighted by atomic mass is 19.4. The SMILES string of the molecule is Cc1cc(C(F)(F)F)nn1CCCNC(=O)c1cccc(C(F)(F)F)c1. The zero-order valence-electron chi connectivity index (χ0n) is 13.6. The minimum Gasteiger partial charge on any atom is -0.352 e. The molecule has 142 valence electrons. The van der Waals surface area contributed by atoms with Crippen LogP contribution in [0.1, 0.15) is 33.7 Å². The van der Waals surface area contributed by atoms with E-state index in [2.05, 4.69) is 10.4 Å². The largest absolute Gasteiger partial charge is 0.435 e. The van der Waals surface area contributed by atoms with Crippen molar-refractivity contribution in [1.29, 1.82) is 0 Å². The number of aromatic nitrogens is 2. The van der Waals surface area contributed by atoms with Crippen LogP contribution in [0.2, 0.25) is 0 Å². The normalized spacial score (nSPS) is 12.3. The summed E-state index contributed by atoms with van der Waals surface area (Å²) in [6.07, 6.45) is -8.82. The predicted octanol–water partition coefficient (Wildman–Crippen LogP) is 4.05. The van der Waals surface area contributed by atoms with E-state index in [0.717, 1.165) is 24.3 Å². The Kier molecular flexibility index (Phi) is 5.62. The molecule has 0 unspecified atom stereocenters. The van der Waals surface area contributed by atoms with Gasteiger partial charge >= 0.3 is 12.4 Å². The van der Waals surface area contributed by atoms with Crippen LogP contribution in [0.5, 0.6) is 0 Å². The molecule has 10 heteroatoms. The highest BCUT2D eigenvalue weighted by molar-refractivity contribution is 5.94. The fraction of sp³-hybridized carbons (Fsp3) is 0.375. The first-order valence-corrected chi connectivity index (χ1v) is 7.55. The zero-order valence-corrected chi connectivity index (χ0v) is 13.6. The van der Waals surface area contributed by atoms with Crippen molar-refractivity contribution in [2.75, 3.05) is 6.54 Å². The number of rotatable bonds is 5. The number of carbonyl (C=O) groups is 1. The lowest BCUT2D eigenvalue weighted by Crippen LogP contribution is -2.25. The number of aryl methyl sites for hydroxylation is 2. The summed E-state index contributed by atoms with van der Waals surface area (Å²) in [5.74, 6) is -0.690. The lowest BCUT2D eigenvalue weighted by Gasteiger charge is -2.09. The number of benzene rings is 1. The summed E-state index contributed by atoms with van der Waals surface area (Å²) in [5.41, 5.74) is -1.75. The molecule has 2 aromatic rings. The van der Waals surface area contributed by atoms with Crippen LogP contribution in [0.3, 0.4) is 0 Å². The van der Waals surface area contributed by atoms with Gasteiger partial charge in [-0.1, -0.05) is 6.07 Å². The molecule has 26 heavy (non-hydrogen) atoms. The first kappa shape index (κ1) is 19.8. The van der Waals surface area contributed by atoms with E-state index >= 15 is 0 Å². The van der Waals surface area contributed by atoms with Gasteiger partial charge < -0.3 is 5.32 Å². The molecule has 1 aromatic carbocycles. The minimum atomic E-state index is -4.55. The van der Waals surface area contributed by atoms with Crippen molar-refractivity contribution in [1.82, 2.24) is 15.1 Å². The molecule has 0 spiro atoms. The highest BCUT2D eigenvalue weighted by Crippen LogP contribution is 2.30. The van der Waals surface area contributed by atoms with Crippen molar-refractivity contribution < 1.29 is 31.1 Å². The van der Waals surface area contributed by atoms with E-state index in [-0.39, 0.29) is 25.1 Å². The number of amides is 1. The highest BCUT2D eigenvalue weighted by Gasteiger charge is 2.34. The lowest BCUT2D eigenvalue weighted by atomic mass is 10.1. The van der Waals surface area contributed by atoms with E-state index in [0.29, 0.717) is 5.69 Å². The fourth-order valence-electron chi connectivity index (χ4n) is 2.24. The van der Waals surface area contributed by atoms with E-state index in [4.69, 9.17) is 0 Å². The molecule has 0 aliphatic carbocycles. The predicted molar refractivity (Wildman–Crippen MR) is 80.4 cm³/mol. The maximum absolute atomic E-state index is 12.6. The van der Waals surface area contributed by atoms with Gasteiger partial charge in [-0.3, -0.25) is 9.48 Å². The van der Waals surface area contributed by atoms with Gasteiger partial charge in [-0.05, 0) is 37.6 Å². The Bertz CT molecular complexity index is 779. The van der Waals surface area contributed by atoms with Gasteiger partial charge in [-0.25, -0.2) is 0 Å². The summed E-state index contributed by atoms with van der Waals surface area (Å²) in [6, 6.07) is 4.89. The number of halogens is 6. The molecule has 1 aromatic heterocycles. The molecule has 1 N–H and O–H groups in total. The third-order valence-electron chi connectivity index (χ3n) is 3.56. The van der Waals surface area contributed by atoms with Gasteiger partial charge in [0.25, 0.3) is 5.91 Å². The van der Waals surface area contributed by atoms with E-state index < -0.39 is 29.5 Å². The first-order valence-electron chi connectivity index (χ1n) is 7.55. The summed E-state index contributed by atoms with van der Waals surface area (Å²) in [6.45, 7) is 1.68. The molecule has 0 fully saturated rings. The molecule has 0 aliphatic heterocycles. The van der Waals surface area contributed by atoms with Crippen LogP contribution in [-0.2, 0) is 18.9 Å². The van der Waals surface area contributed by atoms with E-state index in [1.165, 1.54) is 17.7 Å².